The largest absolute Gasteiger partial charge is 0.295 e. The molecule has 10 rings (SSSR count). The molecule has 0 atom stereocenters. The molecule has 0 radical (unpaired) electrons. The molecule has 0 amide bonds. The summed E-state index contributed by atoms with van der Waals surface area (Å²) in [6.45, 7) is 0. The van der Waals surface area contributed by atoms with Crippen molar-refractivity contribution in [1.29, 1.82) is 0 Å². The van der Waals surface area contributed by atoms with E-state index in [4.69, 9.17) is 0 Å². The number of fused-ring (bicyclic) bond motifs is 8. The van der Waals surface area contributed by atoms with Gasteiger partial charge in [-0.15, -0.1) is 0 Å². The molecular weight excluding hydrogens is 565 g/mol. The molecule has 2 nitrogen and oxygen atoms in total. The highest BCUT2D eigenvalue weighted by molar-refractivity contribution is 7.99. The van der Waals surface area contributed by atoms with Crippen molar-refractivity contribution in [3.63, 3.8) is 0 Å². The lowest BCUT2D eigenvalue weighted by atomic mass is 9.98. The van der Waals surface area contributed by atoms with Gasteiger partial charge in [0.15, 0.2) is 0 Å². The van der Waals surface area contributed by atoms with E-state index in [0.29, 0.717) is 0 Å². The van der Waals surface area contributed by atoms with Crippen LogP contribution in [-0.2, 0) is 0 Å². The monoisotopic (exact) mass is 590 g/mol. The van der Waals surface area contributed by atoms with E-state index in [1.807, 2.05) is 11.8 Å². The van der Waals surface area contributed by atoms with Gasteiger partial charge >= 0.3 is 0 Å². The molecule has 0 saturated heterocycles. The number of rotatable bonds is 3. The Hall–Kier alpha value is -5.51. The molecule has 210 valence electrons. The lowest BCUT2D eigenvalue weighted by molar-refractivity contribution is 1.03. The van der Waals surface area contributed by atoms with E-state index >= 15 is 0 Å². The van der Waals surface area contributed by atoms with Gasteiger partial charge < -0.3 is 0 Å². The van der Waals surface area contributed by atoms with Gasteiger partial charge in [-0.2, -0.15) is 0 Å². The summed E-state index contributed by atoms with van der Waals surface area (Å²) < 4.78 is 5.00. The lowest BCUT2D eigenvalue weighted by Gasteiger charge is -2.21. The number of aromatic nitrogens is 2. The smallest absolute Gasteiger partial charge is 0.131 e. The second-order valence-corrected chi connectivity index (χ2v) is 12.8. The van der Waals surface area contributed by atoms with Crippen LogP contribution in [0.2, 0.25) is 0 Å². The van der Waals surface area contributed by atoms with Gasteiger partial charge in [0, 0.05) is 31.6 Å². The molecule has 0 aliphatic carbocycles. The number of hydrogen-bond acceptors (Lipinski definition) is 1. The zero-order valence-electron chi connectivity index (χ0n) is 24.3. The van der Waals surface area contributed by atoms with Crippen molar-refractivity contribution in [3.05, 3.63) is 158 Å². The first-order valence-corrected chi connectivity index (χ1v) is 16.2. The molecule has 7 aromatic carbocycles. The van der Waals surface area contributed by atoms with Crippen LogP contribution in [0.5, 0.6) is 0 Å². The molecule has 0 saturated carbocycles. The van der Waals surface area contributed by atoms with Gasteiger partial charge in [0.25, 0.3) is 0 Å². The third-order valence-corrected chi connectivity index (χ3v) is 10.4. The maximum Gasteiger partial charge on any atom is 0.131 e. The van der Waals surface area contributed by atoms with Crippen LogP contribution in [0.15, 0.2) is 168 Å². The average molecular weight is 591 g/mol. The van der Waals surface area contributed by atoms with Gasteiger partial charge in [-0.3, -0.25) is 9.13 Å². The van der Waals surface area contributed by atoms with Gasteiger partial charge in [0.05, 0.1) is 16.7 Å². The molecule has 0 spiro atoms. The Bertz CT molecular complexity index is 2600. The summed E-state index contributed by atoms with van der Waals surface area (Å²) >= 11 is 1.87. The molecule has 45 heavy (non-hydrogen) atoms. The Kier molecular flexibility index (Phi) is 5.25. The van der Waals surface area contributed by atoms with Gasteiger partial charge in [-0.05, 0) is 69.4 Å². The fraction of sp³-hybridized carbons (Fsp3) is 0. The Morgan fingerprint density at radius 1 is 0.422 bits per heavy atom. The summed E-state index contributed by atoms with van der Waals surface area (Å²) in [7, 11) is 0. The third-order valence-electron chi connectivity index (χ3n) is 9.31. The van der Waals surface area contributed by atoms with Crippen LogP contribution < -0.4 is 0 Å². The number of benzene rings is 7. The zero-order chi connectivity index (χ0) is 29.5. The first-order chi connectivity index (χ1) is 22.3. The minimum atomic E-state index is 1.15. The fourth-order valence-corrected chi connectivity index (χ4v) is 8.50. The van der Waals surface area contributed by atoms with Crippen molar-refractivity contribution in [2.75, 3.05) is 0 Å². The van der Waals surface area contributed by atoms with E-state index in [-0.39, 0.29) is 0 Å². The topological polar surface area (TPSA) is 9.86 Å². The molecule has 3 heterocycles. The van der Waals surface area contributed by atoms with Crippen molar-refractivity contribution >= 4 is 55.4 Å². The van der Waals surface area contributed by atoms with E-state index in [9.17, 15) is 0 Å². The molecule has 0 N–H and O–H groups in total. The van der Waals surface area contributed by atoms with Crippen LogP contribution in [0.1, 0.15) is 0 Å². The molecule has 0 fully saturated rings. The van der Waals surface area contributed by atoms with Crippen LogP contribution in [-0.4, -0.2) is 9.13 Å². The zero-order valence-corrected chi connectivity index (χ0v) is 25.1. The van der Waals surface area contributed by atoms with Crippen LogP contribution in [0.25, 0.3) is 77.2 Å². The summed E-state index contributed by atoms with van der Waals surface area (Å²) in [4.78, 5) is 2.58. The van der Waals surface area contributed by atoms with Crippen LogP contribution in [0.4, 0.5) is 0 Å². The second kappa shape index (κ2) is 9.49. The third kappa shape index (κ3) is 3.53. The van der Waals surface area contributed by atoms with Crippen molar-refractivity contribution < 1.29 is 0 Å². The van der Waals surface area contributed by atoms with Crippen molar-refractivity contribution in [2.24, 2.45) is 0 Å². The van der Waals surface area contributed by atoms with Gasteiger partial charge in [0.2, 0.25) is 0 Å². The summed E-state index contributed by atoms with van der Waals surface area (Å²) in [5.74, 6) is 0. The normalized spacial score (nSPS) is 12.4. The lowest BCUT2D eigenvalue weighted by Crippen LogP contribution is -2.05. The highest BCUT2D eigenvalue weighted by Crippen LogP contribution is 2.50. The quantitative estimate of drug-likeness (QED) is 0.199. The van der Waals surface area contributed by atoms with Crippen LogP contribution >= 0.6 is 11.8 Å². The Morgan fingerprint density at radius 2 is 1.09 bits per heavy atom. The van der Waals surface area contributed by atoms with E-state index in [2.05, 4.69) is 167 Å². The fourth-order valence-electron chi connectivity index (χ4n) is 7.40. The van der Waals surface area contributed by atoms with Crippen LogP contribution in [0.3, 0.4) is 0 Å². The summed E-state index contributed by atoms with van der Waals surface area (Å²) in [6, 6.07) is 57.6. The standard InChI is InChI=1S/C42H26N2S/c1-2-11-28(12-3-1)33-17-9-20-36-39(33)40-34-18-10-22-38-41(34)44(35-19-6-7-21-37(35)45-38)42(40)43(36)30-25-23-29(24-26-30)32-16-8-14-27-13-4-5-15-31(27)32/h1-26H. The van der Waals surface area contributed by atoms with E-state index in [1.54, 1.807) is 0 Å². The second-order valence-electron chi connectivity index (χ2n) is 11.7. The SMILES string of the molecule is c1ccc(-c2cccc3c2c2c4cccc5c4n(c2n3-c2ccc(-c3cccc4ccccc34)cc2)-c2ccccc2S5)cc1. The highest BCUT2D eigenvalue weighted by atomic mass is 32.2. The molecule has 1 aliphatic rings. The highest BCUT2D eigenvalue weighted by Gasteiger charge is 2.28. The summed E-state index contributed by atoms with van der Waals surface area (Å²) in [6.07, 6.45) is 0. The first kappa shape index (κ1) is 24.9. The van der Waals surface area contributed by atoms with Crippen molar-refractivity contribution in [2.45, 2.75) is 9.79 Å². The number of hydrogen-bond donors (Lipinski definition) is 0. The predicted octanol–water partition coefficient (Wildman–Crippen LogP) is 11.7. The van der Waals surface area contributed by atoms with Crippen molar-refractivity contribution in [3.8, 4) is 33.6 Å². The molecule has 3 heteroatoms. The van der Waals surface area contributed by atoms with Crippen molar-refractivity contribution in [1.82, 2.24) is 9.13 Å². The Labute approximate surface area is 264 Å². The van der Waals surface area contributed by atoms with Crippen LogP contribution in [0, 0.1) is 0 Å². The minimum Gasteiger partial charge on any atom is -0.295 e. The minimum absolute atomic E-state index is 1.15. The molecular formula is C42H26N2S. The molecule has 2 aromatic heterocycles. The van der Waals surface area contributed by atoms with Gasteiger partial charge in [0.1, 0.15) is 5.65 Å². The molecule has 9 aromatic rings. The maximum atomic E-state index is 2.51. The summed E-state index contributed by atoms with van der Waals surface area (Å²) in [5.41, 5.74) is 11.1. The van der Waals surface area contributed by atoms with E-state index in [0.717, 1.165) is 5.69 Å². The number of nitrogens with zero attached hydrogens (tertiary/aromatic N) is 2. The maximum absolute atomic E-state index is 2.51. The van der Waals surface area contributed by atoms with Gasteiger partial charge in [-0.1, -0.05) is 133 Å². The molecule has 1 aliphatic heterocycles. The Morgan fingerprint density at radius 3 is 2.00 bits per heavy atom. The predicted molar refractivity (Wildman–Crippen MR) is 190 cm³/mol. The van der Waals surface area contributed by atoms with Gasteiger partial charge in [-0.25, -0.2) is 0 Å². The van der Waals surface area contributed by atoms with E-state index < -0.39 is 0 Å². The average Bonchev–Trinajstić information content (AvgIpc) is 3.63. The summed E-state index contributed by atoms with van der Waals surface area (Å²) in [5, 5.41) is 6.43. The molecule has 0 unspecified atom stereocenters. The first-order valence-electron chi connectivity index (χ1n) is 15.4. The Balaban J connectivity index is 1.32. The molecule has 0 bridgehead atoms. The number of para-hydroxylation sites is 2. The van der Waals surface area contributed by atoms with E-state index in [1.165, 1.54) is 81.3 Å².